The summed E-state index contributed by atoms with van der Waals surface area (Å²) in [5.74, 6) is 0.901. The monoisotopic (exact) mass is 512 g/mol. The van der Waals surface area contributed by atoms with Gasteiger partial charge in [-0.1, -0.05) is 41.9 Å². The van der Waals surface area contributed by atoms with Crippen LogP contribution in [0, 0.1) is 0 Å². The first-order chi connectivity index (χ1) is 16.9. The number of para-hydroxylation sites is 1. The van der Waals surface area contributed by atoms with E-state index in [4.69, 9.17) is 16.3 Å². The number of aromatic nitrogens is 3. The van der Waals surface area contributed by atoms with Crippen molar-refractivity contribution in [2.24, 2.45) is 0 Å². The van der Waals surface area contributed by atoms with Crippen LogP contribution in [-0.4, -0.2) is 76.8 Å². The Balaban J connectivity index is 1.30. The molecule has 8 nitrogen and oxygen atoms in total. The van der Waals surface area contributed by atoms with Crippen LogP contribution in [0.3, 0.4) is 0 Å². The number of hydrogen-bond donors (Lipinski definition) is 1. The molecule has 1 fully saturated rings. The molecule has 1 N–H and O–H groups in total. The van der Waals surface area contributed by atoms with Gasteiger partial charge in [-0.3, -0.25) is 4.90 Å². The van der Waals surface area contributed by atoms with Crippen LogP contribution in [0.5, 0.6) is 5.75 Å². The van der Waals surface area contributed by atoms with E-state index in [1.165, 1.54) is 6.33 Å². The Hall–Kier alpha value is -2.98. The number of ether oxygens (including phenoxy) is 1. The summed E-state index contributed by atoms with van der Waals surface area (Å²) in [5, 5.41) is 11.5. The van der Waals surface area contributed by atoms with Crippen molar-refractivity contribution >= 4 is 32.5 Å². The van der Waals surface area contributed by atoms with Gasteiger partial charge < -0.3 is 14.4 Å². The zero-order valence-electron chi connectivity index (χ0n) is 18.9. The topological polar surface area (TPSA) is 97.6 Å². The highest BCUT2D eigenvalue weighted by molar-refractivity contribution is 7.91. The fraction of sp³-hybridized carbons (Fsp3) is 0.280. The van der Waals surface area contributed by atoms with E-state index in [1.54, 1.807) is 0 Å². The highest BCUT2D eigenvalue weighted by Crippen LogP contribution is 2.35. The van der Waals surface area contributed by atoms with Gasteiger partial charge in [0.05, 0.1) is 16.9 Å². The van der Waals surface area contributed by atoms with E-state index in [0.717, 1.165) is 27.8 Å². The van der Waals surface area contributed by atoms with Gasteiger partial charge >= 0.3 is 0 Å². The van der Waals surface area contributed by atoms with E-state index in [-0.39, 0.29) is 18.1 Å². The lowest BCUT2D eigenvalue weighted by Gasteiger charge is -2.28. The molecule has 182 valence electrons. The molecule has 1 saturated heterocycles. The fourth-order valence-electron chi connectivity index (χ4n) is 4.24. The average molecular weight is 513 g/mol. The number of halogens is 1. The third-order valence-corrected chi connectivity index (χ3v) is 7.98. The van der Waals surface area contributed by atoms with Crippen LogP contribution in [0.1, 0.15) is 0 Å². The number of aliphatic hydroxyl groups excluding tert-OH is 1. The lowest BCUT2D eigenvalue weighted by molar-refractivity contribution is 0.0710. The molecule has 0 bridgehead atoms. The summed E-state index contributed by atoms with van der Waals surface area (Å²) in [6, 6.07) is 17.5. The molecule has 0 spiro atoms. The summed E-state index contributed by atoms with van der Waals surface area (Å²) >= 11 is 6.47. The van der Waals surface area contributed by atoms with E-state index in [0.29, 0.717) is 30.5 Å². The zero-order valence-corrected chi connectivity index (χ0v) is 20.5. The summed E-state index contributed by atoms with van der Waals surface area (Å²) in [4.78, 5) is 10.6. The maximum atomic E-state index is 11.6. The number of nitrogens with zero attached hydrogens (tertiary/aromatic N) is 4. The number of hydrogen-bond acceptors (Lipinski definition) is 7. The molecular weight excluding hydrogens is 488 g/mol. The molecule has 2 aromatic heterocycles. The highest BCUT2D eigenvalue weighted by Gasteiger charge is 2.23. The second kappa shape index (κ2) is 9.94. The molecule has 3 heterocycles. The van der Waals surface area contributed by atoms with Crippen LogP contribution < -0.4 is 4.74 Å². The second-order valence-corrected chi connectivity index (χ2v) is 11.2. The molecule has 1 atom stereocenters. The predicted octanol–water partition coefficient (Wildman–Crippen LogP) is 3.21. The van der Waals surface area contributed by atoms with Crippen molar-refractivity contribution in [1.82, 2.24) is 19.4 Å². The van der Waals surface area contributed by atoms with Gasteiger partial charge in [-0.25, -0.2) is 18.4 Å². The molecule has 2 aromatic carbocycles. The smallest absolute Gasteiger partial charge is 0.152 e. The predicted molar refractivity (Wildman–Crippen MR) is 136 cm³/mol. The lowest BCUT2D eigenvalue weighted by Crippen LogP contribution is -2.44. The average Bonchev–Trinajstić information content (AvgIpc) is 3.26. The van der Waals surface area contributed by atoms with E-state index >= 15 is 0 Å². The van der Waals surface area contributed by atoms with Crippen molar-refractivity contribution in [3.63, 3.8) is 0 Å². The Morgan fingerprint density at radius 3 is 2.46 bits per heavy atom. The molecule has 0 amide bonds. The number of benzene rings is 2. The summed E-state index contributed by atoms with van der Waals surface area (Å²) in [6.45, 7) is 1.38. The summed E-state index contributed by atoms with van der Waals surface area (Å²) in [5.41, 5.74) is 3.53. The van der Waals surface area contributed by atoms with E-state index < -0.39 is 15.9 Å². The molecule has 4 aromatic rings. The van der Waals surface area contributed by atoms with E-state index in [9.17, 15) is 13.5 Å². The van der Waals surface area contributed by atoms with Crippen molar-refractivity contribution in [2.45, 2.75) is 6.10 Å². The van der Waals surface area contributed by atoms with Crippen molar-refractivity contribution in [2.75, 3.05) is 37.7 Å². The first-order valence-corrected chi connectivity index (χ1v) is 13.5. The molecular formula is C25H25ClN4O4S. The first-order valence-electron chi connectivity index (χ1n) is 11.3. The second-order valence-electron chi connectivity index (χ2n) is 8.55. The molecule has 0 aliphatic carbocycles. The van der Waals surface area contributed by atoms with Crippen molar-refractivity contribution in [3.05, 3.63) is 72.3 Å². The molecule has 1 unspecified atom stereocenters. The molecule has 0 saturated carbocycles. The number of aliphatic hydroxyl groups is 1. The van der Waals surface area contributed by atoms with Gasteiger partial charge in [0.2, 0.25) is 0 Å². The van der Waals surface area contributed by atoms with Crippen LogP contribution in [0.4, 0.5) is 0 Å². The molecule has 10 heteroatoms. The number of β-amino-alcohol motifs (C(OH)–C–C–N with tert-alkyl or cyclic N) is 1. The largest absolute Gasteiger partial charge is 0.491 e. The van der Waals surface area contributed by atoms with Gasteiger partial charge in [-0.2, -0.15) is 0 Å². The molecule has 1 aliphatic heterocycles. The Labute approximate surface area is 208 Å². The minimum absolute atomic E-state index is 0.121. The van der Waals surface area contributed by atoms with E-state index in [2.05, 4.69) is 9.97 Å². The van der Waals surface area contributed by atoms with Crippen LogP contribution >= 0.6 is 11.6 Å². The van der Waals surface area contributed by atoms with Gasteiger partial charge in [0, 0.05) is 37.1 Å². The van der Waals surface area contributed by atoms with Gasteiger partial charge in [-0.15, -0.1) is 0 Å². The number of fused-ring (bicyclic) bond motifs is 1. The summed E-state index contributed by atoms with van der Waals surface area (Å²) in [6.07, 6.45) is 2.74. The maximum absolute atomic E-state index is 11.6. The third-order valence-electron chi connectivity index (χ3n) is 6.08. The number of rotatable bonds is 7. The Morgan fingerprint density at radius 1 is 1.03 bits per heavy atom. The zero-order chi connectivity index (χ0) is 24.4. The summed E-state index contributed by atoms with van der Waals surface area (Å²) in [7, 11) is -2.94. The van der Waals surface area contributed by atoms with Gasteiger partial charge in [0.25, 0.3) is 0 Å². The standard InChI is InChI=1S/C25H25ClN4O4S/c26-24-23-22(15-30(25(23)28-17-27-24)19-4-2-1-3-5-19)18-6-8-21(9-7-18)34-16-20(31)14-29-10-12-35(32,33)13-11-29/h1-9,15,17,20,31H,10-14,16H2. The summed E-state index contributed by atoms with van der Waals surface area (Å²) < 4.78 is 30.9. The molecule has 35 heavy (non-hydrogen) atoms. The quantitative estimate of drug-likeness (QED) is 0.380. The Morgan fingerprint density at radius 2 is 1.74 bits per heavy atom. The minimum atomic E-state index is -2.94. The Kier molecular flexibility index (Phi) is 6.75. The van der Waals surface area contributed by atoms with E-state index in [1.807, 2.05) is 70.3 Å². The molecule has 5 rings (SSSR count). The SMILES string of the molecule is O=S1(=O)CCN(CC(O)COc2ccc(-c3cn(-c4ccccc4)c4ncnc(Cl)c34)cc2)CC1. The van der Waals surface area contributed by atoms with Gasteiger partial charge in [0.15, 0.2) is 9.84 Å². The van der Waals surface area contributed by atoms with Crippen molar-refractivity contribution in [3.8, 4) is 22.6 Å². The maximum Gasteiger partial charge on any atom is 0.152 e. The normalized spacial score (nSPS) is 16.9. The van der Waals surface area contributed by atoms with Crippen molar-refractivity contribution in [1.29, 1.82) is 0 Å². The highest BCUT2D eigenvalue weighted by atomic mass is 35.5. The molecule has 0 radical (unpaired) electrons. The fourth-order valence-corrected chi connectivity index (χ4v) is 5.74. The van der Waals surface area contributed by atoms with Crippen molar-refractivity contribution < 1.29 is 18.3 Å². The van der Waals surface area contributed by atoms with Gasteiger partial charge in [-0.05, 0) is 29.8 Å². The first kappa shape index (κ1) is 23.7. The Bertz CT molecular complexity index is 1410. The number of sulfone groups is 1. The van der Waals surface area contributed by atoms with Gasteiger partial charge in [0.1, 0.15) is 35.6 Å². The minimum Gasteiger partial charge on any atom is -0.491 e. The molecule has 1 aliphatic rings. The van der Waals surface area contributed by atoms with Crippen LogP contribution in [0.2, 0.25) is 5.15 Å². The van der Waals surface area contributed by atoms with Crippen LogP contribution in [0.25, 0.3) is 27.8 Å². The third kappa shape index (κ3) is 5.33. The van der Waals surface area contributed by atoms with Crippen LogP contribution in [-0.2, 0) is 9.84 Å². The lowest BCUT2D eigenvalue weighted by atomic mass is 10.1. The van der Waals surface area contributed by atoms with Crippen LogP contribution in [0.15, 0.2) is 67.1 Å².